The van der Waals surface area contributed by atoms with Gasteiger partial charge in [-0.05, 0) is 37.8 Å². The Morgan fingerprint density at radius 3 is 2.78 bits per heavy atom. The molecule has 1 aromatic carbocycles. The third-order valence-electron chi connectivity index (χ3n) is 6.78. The van der Waals surface area contributed by atoms with Crippen molar-refractivity contribution >= 4 is 23.3 Å². The molecular weight excluding hydrogens is 431 g/mol. The Labute approximate surface area is 190 Å². The third kappa shape index (κ3) is 3.99. The van der Waals surface area contributed by atoms with Gasteiger partial charge in [0, 0.05) is 44.1 Å². The number of ether oxygens (including phenoxy) is 1. The fourth-order valence-electron chi connectivity index (χ4n) is 4.51. The monoisotopic (exact) mass is 458 g/mol. The van der Waals surface area contributed by atoms with Crippen LogP contribution in [0.15, 0.2) is 29.6 Å². The Morgan fingerprint density at radius 2 is 2.12 bits per heavy atom. The van der Waals surface area contributed by atoms with Crippen LogP contribution in [0.5, 0.6) is 0 Å². The lowest BCUT2D eigenvalue weighted by molar-refractivity contribution is -0.134. The number of benzene rings is 1. The molecule has 1 saturated carbocycles. The van der Waals surface area contributed by atoms with E-state index < -0.39 is 5.60 Å². The molecule has 0 spiro atoms. The minimum absolute atomic E-state index is 0.0338. The first kappa shape index (κ1) is 21.3. The van der Waals surface area contributed by atoms with E-state index in [1.807, 2.05) is 21.2 Å². The Balaban J connectivity index is 1.35. The van der Waals surface area contributed by atoms with Crippen LogP contribution in [-0.4, -0.2) is 71.2 Å². The van der Waals surface area contributed by atoms with E-state index in [4.69, 9.17) is 9.72 Å². The van der Waals surface area contributed by atoms with Crippen LogP contribution in [0.3, 0.4) is 0 Å². The summed E-state index contributed by atoms with van der Waals surface area (Å²) in [6.45, 7) is 2.17. The molecule has 1 N–H and O–H groups in total. The molecule has 3 amide bonds. The van der Waals surface area contributed by atoms with E-state index in [9.17, 15) is 14.0 Å². The van der Waals surface area contributed by atoms with Crippen molar-refractivity contribution in [3.05, 3.63) is 41.2 Å². The van der Waals surface area contributed by atoms with Crippen LogP contribution in [0.25, 0.3) is 10.6 Å². The minimum atomic E-state index is -0.704. The highest BCUT2D eigenvalue weighted by Gasteiger charge is 2.52. The molecule has 0 radical (unpaired) electrons. The SMILES string of the molecule is COC1(C(=O)N[C@H]2CCN(C(=O)N3CCC3)[C@H]2Cc2csc(-c3cccc(F)c3)n2)CC1. The number of rotatable bonds is 6. The second-order valence-electron chi connectivity index (χ2n) is 8.81. The predicted octanol–water partition coefficient (Wildman–Crippen LogP) is 3.06. The number of aromatic nitrogens is 1. The Morgan fingerprint density at radius 1 is 1.31 bits per heavy atom. The Bertz CT molecular complexity index is 1020. The van der Waals surface area contributed by atoms with Gasteiger partial charge in [0.15, 0.2) is 0 Å². The van der Waals surface area contributed by atoms with Gasteiger partial charge in [0.1, 0.15) is 16.4 Å². The molecule has 1 aliphatic carbocycles. The number of thiazole rings is 1. The van der Waals surface area contributed by atoms with Gasteiger partial charge in [-0.2, -0.15) is 0 Å². The van der Waals surface area contributed by atoms with Gasteiger partial charge in [0.25, 0.3) is 5.91 Å². The van der Waals surface area contributed by atoms with Crippen molar-refractivity contribution < 1.29 is 18.7 Å². The highest BCUT2D eigenvalue weighted by molar-refractivity contribution is 7.13. The fourth-order valence-corrected chi connectivity index (χ4v) is 5.34. The van der Waals surface area contributed by atoms with Gasteiger partial charge in [-0.25, -0.2) is 14.2 Å². The van der Waals surface area contributed by atoms with Crippen LogP contribution in [0.2, 0.25) is 0 Å². The Kier molecular flexibility index (Phi) is 5.63. The first-order valence-corrected chi connectivity index (χ1v) is 12.0. The smallest absolute Gasteiger partial charge is 0.320 e. The van der Waals surface area contributed by atoms with Crippen LogP contribution in [-0.2, 0) is 16.0 Å². The van der Waals surface area contributed by atoms with Gasteiger partial charge in [0.2, 0.25) is 0 Å². The number of nitrogens with one attached hydrogen (secondary N) is 1. The molecule has 3 aliphatic rings. The van der Waals surface area contributed by atoms with Gasteiger partial charge in [-0.15, -0.1) is 11.3 Å². The van der Waals surface area contributed by atoms with E-state index in [-0.39, 0.29) is 29.8 Å². The van der Waals surface area contributed by atoms with E-state index in [0.29, 0.717) is 19.4 Å². The predicted molar refractivity (Wildman–Crippen MR) is 119 cm³/mol. The maximum atomic E-state index is 13.6. The lowest BCUT2D eigenvalue weighted by Crippen LogP contribution is -2.55. The summed E-state index contributed by atoms with van der Waals surface area (Å²) >= 11 is 1.46. The van der Waals surface area contributed by atoms with Gasteiger partial charge >= 0.3 is 6.03 Å². The molecule has 2 aromatic rings. The number of carbonyl (C=O) groups is 2. The maximum Gasteiger partial charge on any atom is 0.320 e. The quantitative estimate of drug-likeness (QED) is 0.722. The molecule has 32 heavy (non-hydrogen) atoms. The molecule has 0 unspecified atom stereocenters. The van der Waals surface area contributed by atoms with Gasteiger partial charge < -0.3 is 19.9 Å². The zero-order valence-corrected chi connectivity index (χ0v) is 18.9. The highest BCUT2D eigenvalue weighted by atomic mass is 32.1. The molecule has 2 atom stereocenters. The van der Waals surface area contributed by atoms with E-state index in [1.165, 1.54) is 23.5 Å². The first-order valence-electron chi connectivity index (χ1n) is 11.1. The summed E-state index contributed by atoms with van der Waals surface area (Å²) in [6, 6.07) is 6.10. The van der Waals surface area contributed by atoms with Crippen molar-refractivity contribution in [3.8, 4) is 10.6 Å². The molecule has 7 nitrogen and oxygen atoms in total. The van der Waals surface area contributed by atoms with Crippen LogP contribution in [0.1, 0.15) is 31.4 Å². The highest BCUT2D eigenvalue weighted by Crippen LogP contribution is 2.39. The standard InChI is InChI=1S/C23H27FN4O3S/c1-31-23(7-8-23)21(29)26-18-6-11-28(22(30)27-9-3-10-27)19(18)13-17-14-32-20(25-17)15-4-2-5-16(24)12-15/h2,4-5,12,14,18-19H,3,6-11,13H2,1H3,(H,26,29)/t18-,19-/m0/s1. The average molecular weight is 459 g/mol. The number of amides is 3. The molecule has 0 bridgehead atoms. The van der Waals surface area contributed by atoms with Gasteiger partial charge in [0.05, 0.1) is 17.8 Å². The largest absolute Gasteiger partial charge is 0.368 e. The van der Waals surface area contributed by atoms with Crippen molar-refractivity contribution in [2.24, 2.45) is 0 Å². The molecule has 5 rings (SSSR count). The summed E-state index contributed by atoms with van der Waals surface area (Å²) in [5, 5.41) is 5.86. The summed E-state index contributed by atoms with van der Waals surface area (Å²) in [6.07, 6.45) is 3.73. The summed E-state index contributed by atoms with van der Waals surface area (Å²) < 4.78 is 19.1. The molecule has 3 fully saturated rings. The number of carbonyl (C=O) groups excluding carboxylic acids is 2. The lowest BCUT2D eigenvalue weighted by atomic mass is 10.0. The second kappa shape index (κ2) is 8.44. The molecule has 170 valence electrons. The molecule has 2 aliphatic heterocycles. The number of methoxy groups -OCH3 is 1. The summed E-state index contributed by atoms with van der Waals surface area (Å²) in [4.78, 5) is 34.3. The topological polar surface area (TPSA) is 74.8 Å². The van der Waals surface area contributed by atoms with E-state index >= 15 is 0 Å². The van der Waals surface area contributed by atoms with Crippen molar-refractivity contribution in [1.82, 2.24) is 20.1 Å². The first-order chi connectivity index (χ1) is 15.5. The second-order valence-corrected chi connectivity index (χ2v) is 9.67. The Hall–Kier alpha value is -2.52. The maximum absolute atomic E-state index is 13.6. The van der Waals surface area contributed by atoms with E-state index in [2.05, 4.69) is 5.32 Å². The van der Waals surface area contributed by atoms with Gasteiger partial charge in [-0.3, -0.25) is 4.79 Å². The third-order valence-corrected chi connectivity index (χ3v) is 7.73. The van der Waals surface area contributed by atoms with Crippen molar-refractivity contribution in [3.63, 3.8) is 0 Å². The van der Waals surface area contributed by atoms with Crippen molar-refractivity contribution in [2.45, 2.75) is 49.8 Å². The number of hydrogen-bond acceptors (Lipinski definition) is 5. The summed E-state index contributed by atoms with van der Waals surface area (Å²) in [5.74, 6) is -0.386. The minimum Gasteiger partial charge on any atom is -0.368 e. The fraction of sp³-hybridized carbons (Fsp3) is 0.522. The summed E-state index contributed by atoms with van der Waals surface area (Å²) in [5.41, 5.74) is 0.876. The summed E-state index contributed by atoms with van der Waals surface area (Å²) in [7, 11) is 1.57. The molecular formula is C23H27FN4O3S. The number of nitrogens with zero attached hydrogens (tertiary/aromatic N) is 3. The normalized spacial score (nSPS) is 23.7. The van der Waals surface area contributed by atoms with Crippen LogP contribution in [0, 0.1) is 5.82 Å². The van der Waals surface area contributed by atoms with Crippen LogP contribution < -0.4 is 5.32 Å². The number of likely N-dealkylation sites (tertiary alicyclic amines) is 2. The molecule has 3 heterocycles. The molecule has 2 saturated heterocycles. The zero-order valence-electron chi connectivity index (χ0n) is 18.1. The van der Waals surface area contributed by atoms with Crippen LogP contribution in [0.4, 0.5) is 9.18 Å². The molecule has 1 aromatic heterocycles. The van der Waals surface area contributed by atoms with E-state index in [0.717, 1.165) is 48.6 Å². The van der Waals surface area contributed by atoms with Crippen molar-refractivity contribution in [2.75, 3.05) is 26.7 Å². The number of hydrogen-bond donors (Lipinski definition) is 1. The van der Waals surface area contributed by atoms with Crippen molar-refractivity contribution in [1.29, 1.82) is 0 Å². The average Bonchev–Trinajstić information content (AvgIpc) is 3.25. The van der Waals surface area contributed by atoms with Gasteiger partial charge in [-0.1, -0.05) is 12.1 Å². The van der Waals surface area contributed by atoms with Crippen LogP contribution >= 0.6 is 11.3 Å². The molecule has 9 heteroatoms. The van der Waals surface area contributed by atoms with E-state index in [1.54, 1.807) is 13.2 Å². The number of urea groups is 1. The lowest BCUT2D eigenvalue weighted by Gasteiger charge is -2.37. The number of halogens is 1. The zero-order chi connectivity index (χ0) is 22.3.